The lowest BCUT2D eigenvalue weighted by Gasteiger charge is -2.06. The predicted octanol–water partition coefficient (Wildman–Crippen LogP) is 3.36. The second-order valence-electron chi connectivity index (χ2n) is 5.13. The smallest absolute Gasteiger partial charge is 0.251 e. The third-order valence-electron chi connectivity index (χ3n) is 3.49. The van der Waals surface area contributed by atoms with Crippen LogP contribution >= 0.6 is 0 Å². The second kappa shape index (κ2) is 7.04. The van der Waals surface area contributed by atoms with E-state index in [4.69, 9.17) is 0 Å². The van der Waals surface area contributed by atoms with Gasteiger partial charge in [0.05, 0.1) is 12.2 Å². The summed E-state index contributed by atoms with van der Waals surface area (Å²) in [6.45, 7) is 4.76. The molecule has 3 heteroatoms. The van der Waals surface area contributed by atoms with E-state index in [0.717, 1.165) is 30.5 Å². The average molecular weight is 270 g/mol. The molecule has 0 bridgehead atoms. The van der Waals surface area contributed by atoms with Gasteiger partial charge in [-0.2, -0.15) is 0 Å². The van der Waals surface area contributed by atoms with Gasteiger partial charge in [-0.05, 0) is 30.5 Å². The zero-order valence-electron chi connectivity index (χ0n) is 12.2. The van der Waals surface area contributed by atoms with Crippen LogP contribution in [0, 0.1) is 5.92 Å². The van der Waals surface area contributed by atoms with Crippen molar-refractivity contribution in [2.75, 3.05) is 6.54 Å². The first-order chi connectivity index (χ1) is 9.72. The van der Waals surface area contributed by atoms with Crippen LogP contribution in [-0.4, -0.2) is 18.7 Å². The number of rotatable bonds is 6. The van der Waals surface area contributed by atoms with Crippen molar-refractivity contribution in [1.29, 1.82) is 0 Å². The van der Waals surface area contributed by atoms with Gasteiger partial charge in [-0.1, -0.05) is 38.5 Å². The Morgan fingerprint density at radius 1 is 1.35 bits per heavy atom. The van der Waals surface area contributed by atoms with Crippen molar-refractivity contribution in [3.05, 3.63) is 47.2 Å². The van der Waals surface area contributed by atoms with E-state index in [0.29, 0.717) is 12.5 Å². The summed E-state index contributed by atoms with van der Waals surface area (Å²) in [4.78, 5) is 16.4. The summed E-state index contributed by atoms with van der Waals surface area (Å²) in [6, 6.07) is 7.76. The molecule has 1 atom stereocenters. The summed E-state index contributed by atoms with van der Waals surface area (Å²) in [5.41, 5.74) is 2.86. The quantitative estimate of drug-likeness (QED) is 0.846. The summed E-state index contributed by atoms with van der Waals surface area (Å²) < 4.78 is 0. The molecule has 20 heavy (non-hydrogen) atoms. The Kier molecular flexibility index (Phi) is 5.10. The van der Waals surface area contributed by atoms with Gasteiger partial charge in [0.15, 0.2) is 0 Å². The topological polar surface area (TPSA) is 41.5 Å². The third kappa shape index (κ3) is 3.80. The summed E-state index contributed by atoms with van der Waals surface area (Å²) in [6.07, 6.45) is 7.33. The van der Waals surface area contributed by atoms with Gasteiger partial charge in [-0.25, -0.2) is 0 Å². The molecule has 0 aliphatic carbocycles. The van der Waals surface area contributed by atoms with E-state index in [2.05, 4.69) is 30.2 Å². The number of aliphatic imine (C=N–C) groups is 1. The fourth-order valence-electron chi connectivity index (χ4n) is 2.33. The minimum atomic E-state index is -0.0321. The Labute approximate surface area is 120 Å². The van der Waals surface area contributed by atoms with Crippen molar-refractivity contribution in [2.45, 2.75) is 33.1 Å². The van der Waals surface area contributed by atoms with Crippen molar-refractivity contribution < 1.29 is 4.79 Å². The molecular formula is C17H22N2O. The van der Waals surface area contributed by atoms with Gasteiger partial charge in [0.1, 0.15) is 0 Å². The number of benzene rings is 1. The fraction of sp³-hybridized carbons (Fsp3) is 0.412. The van der Waals surface area contributed by atoms with Crippen LogP contribution in [0.1, 0.15) is 42.6 Å². The lowest BCUT2D eigenvalue weighted by atomic mass is 10.1. The van der Waals surface area contributed by atoms with E-state index < -0.39 is 0 Å². The van der Waals surface area contributed by atoms with Crippen LogP contribution in [0.4, 0.5) is 0 Å². The Bertz CT molecular complexity index is 532. The molecule has 106 valence electrons. The molecule has 1 amide bonds. The molecule has 3 nitrogen and oxygen atoms in total. The lowest BCUT2D eigenvalue weighted by molar-refractivity contribution is 0.0957. The molecule has 1 unspecified atom stereocenters. The Morgan fingerprint density at radius 3 is 2.95 bits per heavy atom. The fourth-order valence-corrected chi connectivity index (χ4v) is 2.33. The standard InChI is InChI=1S/C17H22N2O/c1-3-6-14-10-16(18-11-14)12-19-17(20)15-8-5-7-13(4-2)9-15/h5,7-11,14H,3-4,6,12H2,1-2H3,(H,19,20). The maximum atomic E-state index is 12.1. The van der Waals surface area contributed by atoms with Gasteiger partial charge in [-0.15, -0.1) is 0 Å². The molecule has 1 N–H and O–H groups in total. The van der Waals surface area contributed by atoms with Crippen molar-refractivity contribution in [2.24, 2.45) is 10.9 Å². The molecule has 0 aromatic heterocycles. The van der Waals surface area contributed by atoms with Gasteiger partial charge < -0.3 is 5.32 Å². The maximum absolute atomic E-state index is 12.1. The minimum Gasteiger partial charge on any atom is -0.346 e. The van der Waals surface area contributed by atoms with Crippen LogP contribution in [0.3, 0.4) is 0 Å². The highest BCUT2D eigenvalue weighted by Gasteiger charge is 2.11. The highest BCUT2D eigenvalue weighted by atomic mass is 16.1. The molecular weight excluding hydrogens is 248 g/mol. The Hall–Kier alpha value is -1.90. The number of amides is 1. The van der Waals surface area contributed by atoms with E-state index in [1.807, 2.05) is 30.5 Å². The van der Waals surface area contributed by atoms with Crippen LogP contribution in [0.5, 0.6) is 0 Å². The minimum absolute atomic E-state index is 0.0321. The summed E-state index contributed by atoms with van der Waals surface area (Å²) in [5.74, 6) is 0.408. The molecule has 1 heterocycles. The molecule has 1 aromatic carbocycles. The van der Waals surface area contributed by atoms with E-state index in [9.17, 15) is 4.79 Å². The first-order valence-corrected chi connectivity index (χ1v) is 7.35. The normalized spacial score (nSPS) is 17.1. The number of nitrogens with one attached hydrogen (secondary N) is 1. The molecule has 0 radical (unpaired) electrons. The van der Waals surface area contributed by atoms with Gasteiger partial charge in [0.2, 0.25) is 0 Å². The third-order valence-corrected chi connectivity index (χ3v) is 3.49. The van der Waals surface area contributed by atoms with E-state index >= 15 is 0 Å². The van der Waals surface area contributed by atoms with Crippen LogP contribution < -0.4 is 5.32 Å². The second-order valence-corrected chi connectivity index (χ2v) is 5.13. The van der Waals surface area contributed by atoms with Crippen molar-refractivity contribution in [1.82, 2.24) is 5.32 Å². The molecule has 0 saturated heterocycles. The van der Waals surface area contributed by atoms with Gasteiger partial charge in [0.25, 0.3) is 5.91 Å². The number of hydrogen-bond acceptors (Lipinski definition) is 2. The zero-order chi connectivity index (χ0) is 14.4. The monoisotopic (exact) mass is 270 g/mol. The van der Waals surface area contributed by atoms with Crippen LogP contribution in [0.2, 0.25) is 0 Å². The van der Waals surface area contributed by atoms with E-state index in [1.54, 1.807) is 0 Å². The number of nitrogens with zero attached hydrogens (tertiary/aromatic N) is 1. The van der Waals surface area contributed by atoms with Gasteiger partial charge in [-0.3, -0.25) is 9.79 Å². The Balaban J connectivity index is 1.89. The van der Waals surface area contributed by atoms with E-state index in [-0.39, 0.29) is 5.91 Å². The van der Waals surface area contributed by atoms with Gasteiger partial charge >= 0.3 is 0 Å². The van der Waals surface area contributed by atoms with Crippen LogP contribution in [0.25, 0.3) is 0 Å². The molecule has 0 fully saturated rings. The van der Waals surface area contributed by atoms with Crippen LogP contribution in [0.15, 0.2) is 41.0 Å². The van der Waals surface area contributed by atoms with Gasteiger partial charge in [0, 0.05) is 17.7 Å². The average Bonchev–Trinajstić information content (AvgIpc) is 2.93. The van der Waals surface area contributed by atoms with Crippen molar-refractivity contribution in [3.8, 4) is 0 Å². The number of aryl methyl sites for hydroxylation is 1. The highest BCUT2D eigenvalue weighted by molar-refractivity contribution is 5.94. The number of carbonyl (C=O) groups is 1. The highest BCUT2D eigenvalue weighted by Crippen LogP contribution is 2.15. The van der Waals surface area contributed by atoms with E-state index in [1.165, 1.54) is 5.56 Å². The SMILES string of the molecule is CCCC1C=NC(CNC(=O)c2cccc(CC)c2)=C1. The number of hydrogen-bond donors (Lipinski definition) is 1. The molecule has 0 spiro atoms. The largest absolute Gasteiger partial charge is 0.346 e. The first-order valence-electron chi connectivity index (χ1n) is 7.35. The Morgan fingerprint density at radius 2 is 2.20 bits per heavy atom. The summed E-state index contributed by atoms with van der Waals surface area (Å²) in [5, 5.41) is 2.93. The summed E-state index contributed by atoms with van der Waals surface area (Å²) in [7, 11) is 0. The number of allylic oxidation sites excluding steroid dienone is 1. The molecule has 1 aliphatic rings. The molecule has 1 aromatic rings. The first kappa shape index (κ1) is 14.5. The van der Waals surface area contributed by atoms with Crippen molar-refractivity contribution in [3.63, 3.8) is 0 Å². The van der Waals surface area contributed by atoms with Crippen molar-refractivity contribution >= 4 is 12.1 Å². The van der Waals surface area contributed by atoms with Crippen LogP contribution in [-0.2, 0) is 6.42 Å². The predicted molar refractivity (Wildman–Crippen MR) is 83.1 cm³/mol. The number of carbonyl (C=O) groups excluding carboxylic acids is 1. The maximum Gasteiger partial charge on any atom is 0.251 e. The molecule has 0 saturated carbocycles. The molecule has 1 aliphatic heterocycles. The zero-order valence-corrected chi connectivity index (χ0v) is 12.2. The summed E-state index contributed by atoms with van der Waals surface area (Å²) >= 11 is 0. The molecule has 2 rings (SSSR count). The lowest BCUT2D eigenvalue weighted by Crippen LogP contribution is -2.25.